The number of aryl methyl sites for hydroxylation is 1. The number of anilines is 2. The summed E-state index contributed by atoms with van der Waals surface area (Å²) in [6.45, 7) is 7.30. The molecule has 0 saturated heterocycles. The van der Waals surface area contributed by atoms with E-state index in [0.717, 1.165) is 36.5 Å². The predicted octanol–water partition coefficient (Wildman–Crippen LogP) is 4.35. The number of pyridine rings is 1. The van der Waals surface area contributed by atoms with Crippen molar-refractivity contribution >= 4 is 17.4 Å². The van der Waals surface area contributed by atoms with Gasteiger partial charge in [-0.25, -0.2) is 4.98 Å². The van der Waals surface area contributed by atoms with Crippen LogP contribution in [0.4, 0.5) is 11.5 Å². The normalized spacial score (nSPS) is 10.6. The maximum absolute atomic E-state index is 12.4. The lowest BCUT2D eigenvalue weighted by Gasteiger charge is -2.11. The standard InChI is InChI=1S/C19H25N3O/c1-4-15-7-5-6-8-17(15)22-19(23)16-10-12-21-18(13-16)20-11-9-14(2)3/h5-8,10,12-14H,4,9,11H2,1-3H3,(H,20,21)(H,22,23). The second kappa shape index (κ2) is 8.32. The van der Waals surface area contributed by atoms with Crippen LogP contribution in [0.3, 0.4) is 0 Å². The van der Waals surface area contributed by atoms with Gasteiger partial charge in [0.15, 0.2) is 0 Å². The van der Waals surface area contributed by atoms with Gasteiger partial charge in [0.1, 0.15) is 5.82 Å². The molecule has 122 valence electrons. The Balaban J connectivity index is 2.04. The maximum atomic E-state index is 12.4. The van der Waals surface area contributed by atoms with E-state index in [-0.39, 0.29) is 5.91 Å². The highest BCUT2D eigenvalue weighted by molar-refractivity contribution is 6.05. The number of nitrogens with zero attached hydrogens (tertiary/aromatic N) is 1. The molecular weight excluding hydrogens is 286 g/mol. The van der Waals surface area contributed by atoms with Crippen molar-refractivity contribution in [3.8, 4) is 0 Å². The molecule has 4 heteroatoms. The first-order chi connectivity index (χ1) is 11.1. The van der Waals surface area contributed by atoms with Crippen molar-refractivity contribution in [3.05, 3.63) is 53.7 Å². The van der Waals surface area contributed by atoms with Gasteiger partial charge in [-0.1, -0.05) is 39.0 Å². The molecule has 2 N–H and O–H groups in total. The highest BCUT2D eigenvalue weighted by Gasteiger charge is 2.09. The third-order valence-electron chi connectivity index (χ3n) is 3.70. The van der Waals surface area contributed by atoms with Gasteiger partial charge in [0.05, 0.1) is 0 Å². The monoisotopic (exact) mass is 311 g/mol. The first kappa shape index (κ1) is 17.0. The number of para-hydroxylation sites is 1. The molecule has 0 bridgehead atoms. The molecule has 0 aliphatic rings. The maximum Gasteiger partial charge on any atom is 0.255 e. The molecule has 4 nitrogen and oxygen atoms in total. The lowest BCUT2D eigenvalue weighted by Crippen LogP contribution is -2.14. The fourth-order valence-corrected chi connectivity index (χ4v) is 2.30. The zero-order valence-corrected chi connectivity index (χ0v) is 14.1. The van der Waals surface area contributed by atoms with Crippen molar-refractivity contribution in [1.29, 1.82) is 0 Å². The fourth-order valence-electron chi connectivity index (χ4n) is 2.30. The number of carbonyl (C=O) groups excluding carboxylic acids is 1. The van der Waals surface area contributed by atoms with Crippen molar-refractivity contribution in [2.45, 2.75) is 33.6 Å². The number of benzene rings is 1. The molecule has 1 aromatic carbocycles. The van der Waals surface area contributed by atoms with Crippen LogP contribution in [-0.2, 0) is 6.42 Å². The average molecular weight is 311 g/mol. The van der Waals surface area contributed by atoms with Crippen molar-refractivity contribution in [2.75, 3.05) is 17.2 Å². The summed E-state index contributed by atoms with van der Waals surface area (Å²) in [4.78, 5) is 16.7. The Labute approximate surface area is 138 Å². The Morgan fingerprint density at radius 1 is 1.22 bits per heavy atom. The van der Waals surface area contributed by atoms with Crippen LogP contribution in [0.25, 0.3) is 0 Å². The summed E-state index contributed by atoms with van der Waals surface area (Å²) in [5.41, 5.74) is 2.61. The summed E-state index contributed by atoms with van der Waals surface area (Å²) in [6, 6.07) is 11.4. The Kier molecular flexibility index (Phi) is 6.15. The van der Waals surface area contributed by atoms with Crippen molar-refractivity contribution in [1.82, 2.24) is 4.98 Å². The molecule has 2 rings (SSSR count). The minimum atomic E-state index is -0.111. The van der Waals surface area contributed by atoms with E-state index in [9.17, 15) is 4.79 Å². The molecular formula is C19H25N3O. The van der Waals surface area contributed by atoms with Crippen LogP contribution in [0.5, 0.6) is 0 Å². The average Bonchev–Trinajstić information content (AvgIpc) is 2.55. The van der Waals surface area contributed by atoms with E-state index < -0.39 is 0 Å². The highest BCUT2D eigenvalue weighted by Crippen LogP contribution is 2.17. The molecule has 23 heavy (non-hydrogen) atoms. The first-order valence-corrected chi connectivity index (χ1v) is 8.19. The topological polar surface area (TPSA) is 54.0 Å². The molecule has 0 saturated carbocycles. The van der Waals surface area contributed by atoms with Gasteiger partial charge in [-0.3, -0.25) is 4.79 Å². The van der Waals surface area contributed by atoms with Gasteiger partial charge in [0, 0.05) is 24.0 Å². The van der Waals surface area contributed by atoms with Gasteiger partial charge in [0.2, 0.25) is 0 Å². The first-order valence-electron chi connectivity index (χ1n) is 8.19. The SMILES string of the molecule is CCc1ccccc1NC(=O)c1ccnc(NCCC(C)C)c1. The fraction of sp³-hybridized carbons (Fsp3) is 0.368. The summed E-state index contributed by atoms with van der Waals surface area (Å²) < 4.78 is 0. The number of aromatic nitrogens is 1. The van der Waals surface area contributed by atoms with E-state index in [1.807, 2.05) is 24.3 Å². The van der Waals surface area contributed by atoms with Crippen LogP contribution >= 0.6 is 0 Å². The second-order valence-electron chi connectivity index (χ2n) is 6.00. The Morgan fingerprint density at radius 2 is 2.00 bits per heavy atom. The van der Waals surface area contributed by atoms with E-state index in [1.165, 1.54) is 0 Å². The molecule has 2 aromatic rings. The molecule has 1 aromatic heterocycles. The Morgan fingerprint density at radius 3 is 2.74 bits per heavy atom. The van der Waals surface area contributed by atoms with Gasteiger partial charge in [-0.2, -0.15) is 0 Å². The van der Waals surface area contributed by atoms with Crippen molar-refractivity contribution in [3.63, 3.8) is 0 Å². The zero-order chi connectivity index (χ0) is 16.7. The molecule has 0 unspecified atom stereocenters. The van der Waals surface area contributed by atoms with E-state index in [0.29, 0.717) is 11.5 Å². The van der Waals surface area contributed by atoms with Crippen LogP contribution in [0.1, 0.15) is 43.1 Å². The number of amides is 1. The number of hydrogen-bond donors (Lipinski definition) is 2. The summed E-state index contributed by atoms with van der Waals surface area (Å²) in [6.07, 6.45) is 3.62. The zero-order valence-electron chi connectivity index (χ0n) is 14.1. The molecule has 0 radical (unpaired) electrons. The molecule has 1 amide bonds. The lowest BCUT2D eigenvalue weighted by molar-refractivity contribution is 0.102. The van der Waals surface area contributed by atoms with Gasteiger partial charge in [0.25, 0.3) is 5.91 Å². The summed E-state index contributed by atoms with van der Waals surface area (Å²) in [5.74, 6) is 1.27. The third-order valence-corrected chi connectivity index (χ3v) is 3.70. The van der Waals surface area contributed by atoms with Crippen LogP contribution in [0.2, 0.25) is 0 Å². The Hall–Kier alpha value is -2.36. The van der Waals surface area contributed by atoms with Crippen LogP contribution in [0, 0.1) is 5.92 Å². The van der Waals surface area contributed by atoms with Gasteiger partial charge < -0.3 is 10.6 Å². The second-order valence-corrected chi connectivity index (χ2v) is 6.00. The van der Waals surface area contributed by atoms with E-state index in [1.54, 1.807) is 18.3 Å². The Bertz CT molecular complexity index is 653. The van der Waals surface area contributed by atoms with Crippen LogP contribution in [-0.4, -0.2) is 17.4 Å². The van der Waals surface area contributed by atoms with Crippen molar-refractivity contribution < 1.29 is 4.79 Å². The minimum absolute atomic E-state index is 0.111. The smallest absolute Gasteiger partial charge is 0.255 e. The summed E-state index contributed by atoms with van der Waals surface area (Å²) >= 11 is 0. The van der Waals surface area contributed by atoms with E-state index >= 15 is 0 Å². The van der Waals surface area contributed by atoms with E-state index in [4.69, 9.17) is 0 Å². The quantitative estimate of drug-likeness (QED) is 0.799. The number of hydrogen-bond acceptors (Lipinski definition) is 3. The minimum Gasteiger partial charge on any atom is -0.370 e. The highest BCUT2D eigenvalue weighted by atomic mass is 16.1. The van der Waals surface area contributed by atoms with Crippen LogP contribution < -0.4 is 10.6 Å². The predicted molar refractivity (Wildman–Crippen MR) is 96.0 cm³/mol. The van der Waals surface area contributed by atoms with Gasteiger partial charge in [-0.15, -0.1) is 0 Å². The van der Waals surface area contributed by atoms with Gasteiger partial charge >= 0.3 is 0 Å². The van der Waals surface area contributed by atoms with Crippen molar-refractivity contribution in [2.24, 2.45) is 5.92 Å². The number of nitrogens with one attached hydrogen (secondary N) is 2. The molecule has 0 atom stereocenters. The largest absolute Gasteiger partial charge is 0.370 e. The molecule has 0 aliphatic heterocycles. The molecule has 1 heterocycles. The molecule has 0 spiro atoms. The lowest BCUT2D eigenvalue weighted by atomic mass is 10.1. The number of rotatable bonds is 7. The van der Waals surface area contributed by atoms with Gasteiger partial charge in [-0.05, 0) is 42.5 Å². The van der Waals surface area contributed by atoms with E-state index in [2.05, 4.69) is 36.4 Å². The molecule has 0 fully saturated rings. The third kappa shape index (κ3) is 5.09. The number of carbonyl (C=O) groups is 1. The summed E-state index contributed by atoms with van der Waals surface area (Å²) in [7, 11) is 0. The van der Waals surface area contributed by atoms with Crippen LogP contribution in [0.15, 0.2) is 42.6 Å². The summed E-state index contributed by atoms with van der Waals surface area (Å²) in [5, 5.41) is 6.25. The molecule has 0 aliphatic carbocycles.